The van der Waals surface area contributed by atoms with Crippen LogP contribution in [-0.2, 0) is 10.3 Å². The van der Waals surface area contributed by atoms with Gasteiger partial charge in [0.05, 0.1) is 5.60 Å². The molecule has 0 aromatic heterocycles. The summed E-state index contributed by atoms with van der Waals surface area (Å²) in [7, 11) is 0. The van der Waals surface area contributed by atoms with Crippen LogP contribution in [0.3, 0.4) is 0 Å². The minimum absolute atomic E-state index is 0.0640. The van der Waals surface area contributed by atoms with Crippen LogP contribution in [0.15, 0.2) is 24.3 Å². The number of aliphatic hydroxyl groups is 1. The minimum atomic E-state index is -0.947. The molecule has 3 atom stereocenters. The third-order valence-corrected chi connectivity index (χ3v) is 4.43. The molecule has 0 aliphatic heterocycles. The SMILES string of the molecule is CC[C@@](O)(c1ccccc1I)[C@H]1CC1OC(N)=O. The molecule has 98 valence electrons. The Morgan fingerprint density at radius 1 is 1.61 bits per heavy atom. The maximum absolute atomic E-state index is 10.9. The molecule has 0 spiro atoms. The van der Waals surface area contributed by atoms with Crippen molar-refractivity contribution in [2.45, 2.75) is 31.5 Å². The van der Waals surface area contributed by atoms with E-state index < -0.39 is 11.7 Å². The fourth-order valence-corrected chi connectivity index (χ4v) is 3.27. The summed E-state index contributed by atoms with van der Waals surface area (Å²) in [6.45, 7) is 1.93. The first-order chi connectivity index (χ1) is 8.49. The Morgan fingerprint density at radius 3 is 2.83 bits per heavy atom. The van der Waals surface area contributed by atoms with Crippen molar-refractivity contribution < 1.29 is 14.6 Å². The number of halogens is 1. The first-order valence-corrected chi connectivity index (χ1v) is 7.00. The molecule has 0 heterocycles. The first kappa shape index (κ1) is 13.6. The van der Waals surface area contributed by atoms with Crippen LogP contribution in [0.2, 0.25) is 0 Å². The summed E-state index contributed by atoms with van der Waals surface area (Å²) in [5, 5.41) is 10.9. The van der Waals surface area contributed by atoms with Gasteiger partial charge in [-0.15, -0.1) is 0 Å². The molecule has 1 amide bonds. The van der Waals surface area contributed by atoms with Crippen LogP contribution in [0.25, 0.3) is 0 Å². The minimum Gasteiger partial charge on any atom is -0.446 e. The Labute approximate surface area is 120 Å². The molecule has 4 nitrogen and oxygen atoms in total. The molecule has 3 N–H and O–H groups in total. The number of carbonyl (C=O) groups excluding carboxylic acids is 1. The zero-order valence-corrected chi connectivity index (χ0v) is 12.3. The quantitative estimate of drug-likeness (QED) is 0.809. The van der Waals surface area contributed by atoms with Crippen LogP contribution in [0, 0.1) is 9.49 Å². The van der Waals surface area contributed by atoms with E-state index in [1.54, 1.807) is 0 Å². The lowest BCUT2D eigenvalue weighted by atomic mass is 9.86. The van der Waals surface area contributed by atoms with Crippen molar-refractivity contribution in [2.24, 2.45) is 11.7 Å². The fraction of sp³-hybridized carbons (Fsp3) is 0.462. The summed E-state index contributed by atoms with van der Waals surface area (Å²) < 4.78 is 5.98. The highest BCUT2D eigenvalue weighted by molar-refractivity contribution is 14.1. The van der Waals surface area contributed by atoms with Gasteiger partial charge in [-0.2, -0.15) is 0 Å². The lowest BCUT2D eigenvalue weighted by Gasteiger charge is -2.28. The highest BCUT2D eigenvalue weighted by Gasteiger charge is 2.54. The molecule has 5 heteroatoms. The number of amides is 1. The zero-order valence-electron chi connectivity index (χ0n) is 10.1. The van der Waals surface area contributed by atoms with Crippen molar-refractivity contribution in [1.29, 1.82) is 0 Å². The molecule has 1 aromatic carbocycles. The molecule has 18 heavy (non-hydrogen) atoms. The monoisotopic (exact) mass is 361 g/mol. The Morgan fingerprint density at radius 2 is 2.28 bits per heavy atom. The average Bonchev–Trinajstić information content (AvgIpc) is 3.07. The van der Waals surface area contributed by atoms with Gasteiger partial charge in [-0.3, -0.25) is 0 Å². The summed E-state index contributed by atoms with van der Waals surface area (Å²) in [5.74, 6) is -0.0640. The Hall–Kier alpha value is -0.820. The van der Waals surface area contributed by atoms with E-state index in [9.17, 15) is 9.90 Å². The highest BCUT2D eigenvalue weighted by atomic mass is 127. The van der Waals surface area contributed by atoms with Crippen molar-refractivity contribution in [3.05, 3.63) is 33.4 Å². The molecule has 0 saturated heterocycles. The second kappa shape index (κ2) is 5.05. The number of hydrogen-bond acceptors (Lipinski definition) is 3. The zero-order chi connectivity index (χ0) is 13.3. The van der Waals surface area contributed by atoms with Crippen molar-refractivity contribution >= 4 is 28.7 Å². The topological polar surface area (TPSA) is 72.6 Å². The van der Waals surface area contributed by atoms with E-state index in [0.29, 0.717) is 12.8 Å². The van der Waals surface area contributed by atoms with Crippen LogP contribution in [0.1, 0.15) is 25.3 Å². The smallest absolute Gasteiger partial charge is 0.404 e. The van der Waals surface area contributed by atoms with E-state index in [0.717, 1.165) is 9.13 Å². The molecule has 0 bridgehead atoms. The highest BCUT2D eigenvalue weighted by Crippen LogP contribution is 2.50. The number of primary amides is 1. The van der Waals surface area contributed by atoms with Gasteiger partial charge in [0.2, 0.25) is 0 Å². The Bertz CT molecular complexity index is 465. The molecule has 1 fully saturated rings. The normalized spacial score (nSPS) is 25.3. The van der Waals surface area contributed by atoms with Gasteiger partial charge in [0.1, 0.15) is 6.10 Å². The number of rotatable bonds is 4. The van der Waals surface area contributed by atoms with Gasteiger partial charge in [-0.1, -0.05) is 25.1 Å². The van der Waals surface area contributed by atoms with Gasteiger partial charge in [-0.05, 0) is 47.1 Å². The summed E-state index contributed by atoms with van der Waals surface area (Å²) in [4.78, 5) is 10.7. The Kier molecular flexibility index (Phi) is 3.82. The van der Waals surface area contributed by atoms with Crippen molar-refractivity contribution in [2.75, 3.05) is 0 Å². The largest absolute Gasteiger partial charge is 0.446 e. The van der Waals surface area contributed by atoms with Crippen LogP contribution >= 0.6 is 22.6 Å². The van der Waals surface area contributed by atoms with Crippen LogP contribution in [0.5, 0.6) is 0 Å². The van der Waals surface area contributed by atoms with E-state index in [2.05, 4.69) is 22.6 Å². The van der Waals surface area contributed by atoms with Gasteiger partial charge < -0.3 is 15.6 Å². The van der Waals surface area contributed by atoms with E-state index in [1.807, 2.05) is 31.2 Å². The molecule has 0 radical (unpaired) electrons. The lowest BCUT2D eigenvalue weighted by molar-refractivity contribution is -0.00764. The van der Waals surface area contributed by atoms with Crippen LogP contribution in [0.4, 0.5) is 4.79 Å². The number of hydrogen-bond donors (Lipinski definition) is 2. The summed E-state index contributed by atoms with van der Waals surface area (Å²) in [5.41, 5.74) is 4.96. The average molecular weight is 361 g/mol. The van der Waals surface area contributed by atoms with Gasteiger partial charge in [-0.25, -0.2) is 4.79 Å². The molecule has 1 aliphatic rings. The molecular weight excluding hydrogens is 345 g/mol. The number of nitrogens with two attached hydrogens (primary N) is 1. The Balaban J connectivity index is 2.23. The molecule has 2 rings (SSSR count). The maximum Gasteiger partial charge on any atom is 0.404 e. The van der Waals surface area contributed by atoms with E-state index >= 15 is 0 Å². The first-order valence-electron chi connectivity index (χ1n) is 5.92. The predicted molar refractivity (Wildman–Crippen MR) is 75.9 cm³/mol. The fourth-order valence-electron chi connectivity index (χ4n) is 2.42. The maximum atomic E-state index is 10.9. The standard InChI is InChI=1S/C13H16INO3/c1-2-13(17,8-5-3-4-6-10(8)14)9-7-11(9)18-12(15)16/h3-6,9,11,17H,2,7H2,1H3,(H2,15,16)/t9-,11?,13+/m0/s1. The van der Waals surface area contributed by atoms with E-state index in [-0.39, 0.29) is 12.0 Å². The van der Waals surface area contributed by atoms with Gasteiger partial charge in [0, 0.05) is 9.49 Å². The van der Waals surface area contributed by atoms with Crippen molar-refractivity contribution in [3.8, 4) is 0 Å². The van der Waals surface area contributed by atoms with Crippen LogP contribution in [-0.4, -0.2) is 17.3 Å². The predicted octanol–water partition coefficient (Wildman–Crippen LogP) is 2.37. The lowest BCUT2D eigenvalue weighted by Crippen LogP contribution is -2.31. The molecular formula is C13H16INO3. The van der Waals surface area contributed by atoms with Gasteiger partial charge >= 0.3 is 6.09 Å². The van der Waals surface area contributed by atoms with Crippen molar-refractivity contribution in [1.82, 2.24) is 0 Å². The van der Waals surface area contributed by atoms with Crippen molar-refractivity contribution in [3.63, 3.8) is 0 Å². The molecule has 1 aromatic rings. The molecule has 1 aliphatic carbocycles. The second-order valence-corrected chi connectivity index (χ2v) is 5.74. The number of carbonyl (C=O) groups is 1. The third kappa shape index (κ3) is 2.47. The summed E-state index contributed by atoms with van der Waals surface area (Å²) in [6, 6.07) is 7.73. The summed E-state index contributed by atoms with van der Waals surface area (Å²) >= 11 is 2.21. The molecule has 1 saturated carbocycles. The van der Waals surface area contributed by atoms with Gasteiger partial charge in [0.15, 0.2) is 0 Å². The third-order valence-electron chi connectivity index (χ3n) is 3.49. The number of benzene rings is 1. The van der Waals surface area contributed by atoms with Gasteiger partial charge in [0.25, 0.3) is 0 Å². The summed E-state index contributed by atoms with van der Waals surface area (Å²) in [6.07, 6.45) is 0.210. The number of ether oxygens (including phenoxy) is 1. The van der Waals surface area contributed by atoms with E-state index in [4.69, 9.17) is 10.5 Å². The molecule has 1 unspecified atom stereocenters. The van der Waals surface area contributed by atoms with E-state index in [1.165, 1.54) is 0 Å². The second-order valence-electron chi connectivity index (χ2n) is 4.58. The van der Waals surface area contributed by atoms with Crippen LogP contribution < -0.4 is 5.73 Å².